The van der Waals surface area contributed by atoms with Gasteiger partial charge in [-0.25, -0.2) is 9.78 Å². The highest BCUT2D eigenvalue weighted by Crippen LogP contribution is 2.42. The number of carbonyl (C=O) groups excluding carboxylic acids is 1. The number of furan rings is 1. The maximum Gasteiger partial charge on any atom is 0.318 e. The van der Waals surface area contributed by atoms with Crippen LogP contribution in [0.3, 0.4) is 0 Å². The van der Waals surface area contributed by atoms with Crippen molar-refractivity contribution < 1.29 is 9.21 Å². The van der Waals surface area contributed by atoms with E-state index in [2.05, 4.69) is 15.7 Å². The molecule has 128 valence electrons. The lowest BCUT2D eigenvalue weighted by Gasteiger charge is -2.30. The van der Waals surface area contributed by atoms with Crippen molar-refractivity contribution in [2.24, 2.45) is 5.92 Å². The average molecular weight is 345 g/mol. The second-order valence-electron chi connectivity index (χ2n) is 6.92. The molecule has 2 aromatic heterocycles. The first-order chi connectivity index (χ1) is 11.6. The Kier molecular flexibility index (Phi) is 4.08. The molecule has 2 fully saturated rings. The Morgan fingerprint density at radius 1 is 1.42 bits per heavy atom. The standard InChI is InChI=1S/C18H23N3O2S/c1-11-10-24-17(19-11)16(13-5-6-13)20-18(22)21(14-7-8-14)12(2)15-4-3-9-23-15/h3-4,9-10,12-14,16H,5-8H2,1-2H3,(H,20,22)/t12-,16-/m1/s1. The number of aromatic nitrogens is 1. The number of thiazole rings is 1. The van der Waals surface area contributed by atoms with Crippen molar-refractivity contribution in [2.75, 3.05) is 0 Å². The third kappa shape index (κ3) is 3.20. The summed E-state index contributed by atoms with van der Waals surface area (Å²) < 4.78 is 5.53. The number of carbonyl (C=O) groups is 1. The first-order valence-electron chi connectivity index (χ1n) is 8.67. The minimum atomic E-state index is -0.0506. The third-order valence-electron chi connectivity index (χ3n) is 4.82. The van der Waals surface area contributed by atoms with Gasteiger partial charge in [0.25, 0.3) is 0 Å². The summed E-state index contributed by atoms with van der Waals surface area (Å²) in [7, 11) is 0. The summed E-state index contributed by atoms with van der Waals surface area (Å²) in [6.45, 7) is 4.04. The molecule has 0 saturated heterocycles. The van der Waals surface area contributed by atoms with Gasteiger partial charge in [0.2, 0.25) is 0 Å². The molecular weight excluding hydrogens is 322 g/mol. The molecule has 2 amide bonds. The van der Waals surface area contributed by atoms with Crippen LogP contribution in [0.15, 0.2) is 28.2 Å². The van der Waals surface area contributed by atoms with Crippen LogP contribution in [0.2, 0.25) is 0 Å². The second kappa shape index (κ2) is 6.24. The summed E-state index contributed by atoms with van der Waals surface area (Å²) in [6, 6.07) is 4.14. The largest absolute Gasteiger partial charge is 0.467 e. The third-order valence-corrected chi connectivity index (χ3v) is 5.87. The Hall–Kier alpha value is -1.82. The summed E-state index contributed by atoms with van der Waals surface area (Å²) in [6.07, 6.45) is 6.15. The molecule has 0 aromatic carbocycles. The molecule has 2 saturated carbocycles. The number of nitrogens with zero attached hydrogens (tertiary/aromatic N) is 2. The topological polar surface area (TPSA) is 58.4 Å². The normalized spacial score (nSPS) is 19.8. The Morgan fingerprint density at radius 2 is 2.21 bits per heavy atom. The lowest BCUT2D eigenvalue weighted by molar-refractivity contribution is 0.161. The van der Waals surface area contributed by atoms with Gasteiger partial charge in [-0.1, -0.05) is 0 Å². The van der Waals surface area contributed by atoms with Gasteiger partial charge in [0.1, 0.15) is 10.8 Å². The highest BCUT2D eigenvalue weighted by molar-refractivity contribution is 7.09. The lowest BCUT2D eigenvalue weighted by Crippen LogP contribution is -2.44. The molecule has 5 nitrogen and oxygen atoms in total. The van der Waals surface area contributed by atoms with Crippen LogP contribution >= 0.6 is 11.3 Å². The van der Waals surface area contributed by atoms with Crippen LogP contribution in [0.4, 0.5) is 4.79 Å². The maximum absolute atomic E-state index is 13.0. The lowest BCUT2D eigenvalue weighted by atomic mass is 10.2. The van der Waals surface area contributed by atoms with Crippen molar-refractivity contribution in [2.45, 2.75) is 57.7 Å². The van der Waals surface area contributed by atoms with Crippen molar-refractivity contribution in [3.63, 3.8) is 0 Å². The summed E-state index contributed by atoms with van der Waals surface area (Å²) in [4.78, 5) is 19.6. The fraction of sp³-hybridized carbons (Fsp3) is 0.556. The second-order valence-corrected chi connectivity index (χ2v) is 7.81. The van der Waals surface area contributed by atoms with Gasteiger partial charge >= 0.3 is 6.03 Å². The summed E-state index contributed by atoms with van der Waals surface area (Å²) in [5, 5.41) is 6.35. The summed E-state index contributed by atoms with van der Waals surface area (Å²) in [5.41, 5.74) is 1.03. The molecule has 24 heavy (non-hydrogen) atoms. The molecule has 2 aliphatic carbocycles. The minimum Gasteiger partial charge on any atom is -0.467 e. The van der Waals surface area contributed by atoms with E-state index >= 15 is 0 Å². The number of aryl methyl sites for hydroxylation is 1. The van der Waals surface area contributed by atoms with E-state index in [4.69, 9.17) is 4.42 Å². The highest BCUT2D eigenvalue weighted by atomic mass is 32.1. The van der Waals surface area contributed by atoms with Gasteiger partial charge in [0.15, 0.2) is 0 Å². The Labute approximate surface area is 146 Å². The van der Waals surface area contributed by atoms with E-state index in [1.807, 2.05) is 30.9 Å². The van der Waals surface area contributed by atoms with Gasteiger partial charge in [-0.05, 0) is 57.6 Å². The van der Waals surface area contributed by atoms with E-state index in [0.29, 0.717) is 12.0 Å². The molecule has 2 heterocycles. The molecule has 2 aromatic rings. The van der Waals surface area contributed by atoms with E-state index in [1.54, 1.807) is 17.6 Å². The molecule has 0 spiro atoms. The number of nitrogens with one attached hydrogen (secondary N) is 1. The van der Waals surface area contributed by atoms with Crippen molar-refractivity contribution in [3.8, 4) is 0 Å². The molecule has 1 N–H and O–H groups in total. The van der Waals surface area contributed by atoms with Crippen LogP contribution < -0.4 is 5.32 Å². The van der Waals surface area contributed by atoms with Gasteiger partial charge < -0.3 is 14.6 Å². The van der Waals surface area contributed by atoms with Crippen molar-refractivity contribution in [1.82, 2.24) is 15.2 Å². The van der Waals surface area contributed by atoms with Crippen LogP contribution in [0.25, 0.3) is 0 Å². The van der Waals surface area contributed by atoms with Crippen molar-refractivity contribution in [1.29, 1.82) is 0 Å². The predicted octanol–water partition coefficient (Wildman–Crippen LogP) is 4.43. The van der Waals surface area contributed by atoms with E-state index in [0.717, 1.165) is 29.3 Å². The minimum absolute atomic E-state index is 0.00570. The fourth-order valence-electron chi connectivity index (χ4n) is 3.21. The first-order valence-corrected chi connectivity index (χ1v) is 9.55. The zero-order valence-corrected chi connectivity index (χ0v) is 14.9. The van der Waals surface area contributed by atoms with E-state index in [-0.39, 0.29) is 18.1 Å². The zero-order chi connectivity index (χ0) is 16.7. The van der Waals surface area contributed by atoms with Crippen molar-refractivity contribution in [3.05, 3.63) is 40.2 Å². The number of urea groups is 1. The van der Waals surface area contributed by atoms with E-state index < -0.39 is 0 Å². The zero-order valence-electron chi connectivity index (χ0n) is 14.1. The monoisotopic (exact) mass is 345 g/mol. The molecule has 6 heteroatoms. The van der Waals surface area contributed by atoms with E-state index in [1.165, 1.54) is 12.8 Å². The molecule has 0 unspecified atom stereocenters. The van der Waals surface area contributed by atoms with Gasteiger partial charge in [-0.2, -0.15) is 0 Å². The number of amides is 2. The molecule has 2 atom stereocenters. The quantitative estimate of drug-likeness (QED) is 0.842. The van der Waals surface area contributed by atoms with Crippen LogP contribution in [0.1, 0.15) is 61.2 Å². The van der Waals surface area contributed by atoms with Crippen molar-refractivity contribution >= 4 is 17.4 Å². The molecule has 2 aliphatic rings. The van der Waals surface area contributed by atoms with E-state index in [9.17, 15) is 4.79 Å². The molecule has 0 bridgehead atoms. The Balaban J connectivity index is 1.52. The van der Waals surface area contributed by atoms with Crippen LogP contribution in [-0.2, 0) is 0 Å². The summed E-state index contributed by atoms with van der Waals surface area (Å²) in [5.74, 6) is 1.37. The molecule has 0 aliphatic heterocycles. The summed E-state index contributed by atoms with van der Waals surface area (Å²) >= 11 is 1.65. The number of rotatable bonds is 6. The Bertz CT molecular complexity index is 704. The SMILES string of the molecule is Cc1csc([C@H](NC(=O)N(C2CC2)[C@H](C)c2ccco2)C2CC2)n1. The smallest absolute Gasteiger partial charge is 0.318 e. The van der Waals surface area contributed by atoms with Gasteiger partial charge in [-0.3, -0.25) is 0 Å². The van der Waals surface area contributed by atoms with Gasteiger partial charge in [-0.15, -0.1) is 11.3 Å². The Morgan fingerprint density at radius 3 is 2.75 bits per heavy atom. The fourth-order valence-corrected chi connectivity index (χ4v) is 4.15. The molecule has 0 radical (unpaired) electrons. The molecule has 4 rings (SSSR count). The first kappa shape index (κ1) is 15.7. The number of hydrogen-bond acceptors (Lipinski definition) is 4. The predicted molar refractivity (Wildman–Crippen MR) is 92.8 cm³/mol. The van der Waals surface area contributed by atoms with Crippen LogP contribution in [0.5, 0.6) is 0 Å². The average Bonchev–Trinajstić information content (AvgIpc) is 3.47. The van der Waals surface area contributed by atoms with Crippen LogP contribution in [-0.4, -0.2) is 22.0 Å². The van der Waals surface area contributed by atoms with Crippen LogP contribution in [0, 0.1) is 12.8 Å². The van der Waals surface area contributed by atoms with Gasteiger partial charge in [0, 0.05) is 17.1 Å². The number of hydrogen-bond donors (Lipinski definition) is 1. The highest BCUT2D eigenvalue weighted by Gasteiger charge is 2.41. The molecular formula is C18H23N3O2S. The maximum atomic E-state index is 13.0. The van der Waals surface area contributed by atoms with Gasteiger partial charge in [0.05, 0.1) is 18.3 Å².